The van der Waals surface area contributed by atoms with Crippen LogP contribution in [0.2, 0.25) is 0 Å². The van der Waals surface area contributed by atoms with Gasteiger partial charge in [-0.3, -0.25) is 28.8 Å². The molecule has 3 atom stereocenters. The lowest BCUT2D eigenvalue weighted by Gasteiger charge is -2.30. The zero-order valence-electron chi connectivity index (χ0n) is 25.7. The molecular weight excluding hydrogens is 562 g/mol. The second kappa shape index (κ2) is 14.3. The maximum Gasteiger partial charge on any atom is 0.254 e. The van der Waals surface area contributed by atoms with Crippen LogP contribution in [0.1, 0.15) is 65.5 Å². The third-order valence-corrected chi connectivity index (χ3v) is 8.18. The summed E-state index contributed by atoms with van der Waals surface area (Å²) >= 11 is 0. The van der Waals surface area contributed by atoms with E-state index in [4.69, 9.17) is 0 Å². The highest BCUT2D eigenvalue weighted by Gasteiger charge is 2.34. The lowest BCUT2D eigenvalue weighted by Crippen LogP contribution is -2.57. The first-order valence-electron chi connectivity index (χ1n) is 15.1. The number of nitrogens with zero attached hydrogens (tertiary/aromatic N) is 2. The van der Waals surface area contributed by atoms with Crippen molar-refractivity contribution in [3.63, 3.8) is 0 Å². The fourth-order valence-corrected chi connectivity index (χ4v) is 5.62. The van der Waals surface area contributed by atoms with Crippen molar-refractivity contribution in [2.45, 2.75) is 64.6 Å². The minimum absolute atomic E-state index is 0.0107. The Hall–Kier alpha value is -4.54. The Morgan fingerprint density at radius 2 is 1.64 bits per heavy atom. The first-order chi connectivity index (χ1) is 21.0. The summed E-state index contributed by atoms with van der Waals surface area (Å²) < 4.78 is 0. The second-order valence-electron chi connectivity index (χ2n) is 11.9. The molecule has 5 amide bonds. The van der Waals surface area contributed by atoms with Gasteiger partial charge >= 0.3 is 0 Å². The molecule has 234 valence electrons. The molecule has 0 spiro atoms. The zero-order chi connectivity index (χ0) is 32.0. The predicted molar refractivity (Wildman–Crippen MR) is 164 cm³/mol. The summed E-state index contributed by atoms with van der Waals surface area (Å²) in [5.41, 5.74) is 2.32. The van der Waals surface area contributed by atoms with Crippen molar-refractivity contribution in [1.82, 2.24) is 25.8 Å². The van der Waals surface area contributed by atoms with Gasteiger partial charge in [0, 0.05) is 44.1 Å². The van der Waals surface area contributed by atoms with E-state index in [1.165, 1.54) is 16.8 Å². The molecule has 44 heavy (non-hydrogen) atoms. The van der Waals surface area contributed by atoms with Crippen LogP contribution < -0.4 is 16.0 Å². The number of hydrogen-bond donors (Lipinski definition) is 3. The van der Waals surface area contributed by atoms with E-state index in [2.05, 4.69) is 16.0 Å². The van der Waals surface area contributed by atoms with Gasteiger partial charge in [0.25, 0.3) is 5.91 Å². The molecule has 1 aliphatic heterocycles. The topological polar surface area (TPSA) is 145 Å². The Morgan fingerprint density at radius 1 is 0.909 bits per heavy atom. The van der Waals surface area contributed by atoms with E-state index < -0.39 is 47.7 Å². The number of carbonyl (C=O) groups excluding carboxylic acids is 6. The van der Waals surface area contributed by atoms with Gasteiger partial charge in [0.05, 0.1) is 6.54 Å². The van der Waals surface area contributed by atoms with Gasteiger partial charge in [-0.2, -0.15) is 0 Å². The van der Waals surface area contributed by atoms with Gasteiger partial charge in [-0.15, -0.1) is 0 Å². The minimum atomic E-state index is -0.945. The molecule has 0 unspecified atom stereocenters. The summed E-state index contributed by atoms with van der Waals surface area (Å²) in [4.78, 5) is 82.4. The van der Waals surface area contributed by atoms with E-state index in [1.54, 1.807) is 25.1 Å². The van der Waals surface area contributed by atoms with E-state index in [-0.39, 0.29) is 37.8 Å². The number of nitrogens with one attached hydrogen (secondary N) is 3. The number of benzene rings is 2. The Morgan fingerprint density at radius 3 is 2.34 bits per heavy atom. The Balaban J connectivity index is 1.66. The van der Waals surface area contributed by atoms with E-state index in [0.29, 0.717) is 36.0 Å². The average molecular weight is 604 g/mol. The molecule has 1 aliphatic carbocycles. The molecular formula is C33H41N5O6. The van der Waals surface area contributed by atoms with Crippen LogP contribution >= 0.6 is 0 Å². The van der Waals surface area contributed by atoms with Crippen LogP contribution in [0.25, 0.3) is 0 Å². The smallest absolute Gasteiger partial charge is 0.254 e. The van der Waals surface area contributed by atoms with Crippen LogP contribution in [-0.4, -0.2) is 89.9 Å². The summed E-state index contributed by atoms with van der Waals surface area (Å²) in [7, 11) is 1.49. The van der Waals surface area contributed by atoms with Gasteiger partial charge in [0.15, 0.2) is 5.78 Å². The quantitative estimate of drug-likeness (QED) is 0.472. The number of fused-ring (bicyclic) bond motifs is 1. The Labute approximate surface area is 257 Å². The van der Waals surface area contributed by atoms with Crippen LogP contribution in [0, 0.1) is 5.92 Å². The molecule has 2 aromatic carbocycles. The summed E-state index contributed by atoms with van der Waals surface area (Å²) in [6, 6.07) is 11.4. The molecule has 11 nitrogen and oxygen atoms in total. The Bertz CT molecular complexity index is 1430. The van der Waals surface area contributed by atoms with E-state index in [0.717, 1.165) is 5.56 Å². The number of Topliss-reactive ketones (excluding diaryl/α,β-unsaturated/α-hetero) is 1. The summed E-state index contributed by atoms with van der Waals surface area (Å²) in [6.45, 7) is 5.04. The fourth-order valence-electron chi connectivity index (χ4n) is 5.62. The molecule has 0 radical (unpaired) electrons. The second-order valence-corrected chi connectivity index (χ2v) is 11.9. The SMILES string of the molecule is CC(C)C[C@@H]1NC(=O)CN(C(=O)c2cccc3c2CCC3=O)CCNC(=O)[C@H](Cc2ccccc2)NC(=O)[C@H](C)N(C)C1=O. The first kappa shape index (κ1) is 32.4. The predicted octanol–water partition coefficient (Wildman–Crippen LogP) is 1.49. The summed E-state index contributed by atoms with van der Waals surface area (Å²) in [5.74, 6) is -2.40. The highest BCUT2D eigenvalue weighted by molar-refractivity contribution is 6.06. The molecule has 2 aromatic rings. The number of rotatable bonds is 5. The van der Waals surface area contributed by atoms with Crippen molar-refractivity contribution in [3.8, 4) is 0 Å². The lowest BCUT2D eigenvalue weighted by molar-refractivity contribution is -0.142. The Kier molecular flexibility index (Phi) is 10.5. The molecule has 2 aliphatic rings. The van der Waals surface area contributed by atoms with Crippen molar-refractivity contribution in [3.05, 3.63) is 70.8 Å². The zero-order valence-corrected chi connectivity index (χ0v) is 25.7. The number of ketones is 1. The van der Waals surface area contributed by atoms with Crippen LogP contribution in [0.3, 0.4) is 0 Å². The van der Waals surface area contributed by atoms with Crippen molar-refractivity contribution in [1.29, 1.82) is 0 Å². The van der Waals surface area contributed by atoms with Crippen LogP contribution in [0.5, 0.6) is 0 Å². The third-order valence-electron chi connectivity index (χ3n) is 8.18. The van der Waals surface area contributed by atoms with Crippen molar-refractivity contribution < 1.29 is 28.8 Å². The maximum atomic E-state index is 13.8. The molecule has 1 saturated heterocycles. The van der Waals surface area contributed by atoms with E-state index in [9.17, 15) is 28.8 Å². The monoisotopic (exact) mass is 603 g/mol. The first-order valence-corrected chi connectivity index (χ1v) is 15.1. The van der Waals surface area contributed by atoms with Crippen LogP contribution in [0.15, 0.2) is 48.5 Å². The molecule has 1 heterocycles. The van der Waals surface area contributed by atoms with Gasteiger partial charge in [-0.1, -0.05) is 56.3 Å². The number of amides is 5. The average Bonchev–Trinajstić information content (AvgIpc) is 3.38. The highest BCUT2D eigenvalue weighted by atomic mass is 16.2. The van der Waals surface area contributed by atoms with Gasteiger partial charge in [0.1, 0.15) is 18.1 Å². The van der Waals surface area contributed by atoms with Crippen molar-refractivity contribution in [2.75, 3.05) is 26.7 Å². The van der Waals surface area contributed by atoms with Crippen LogP contribution in [-0.2, 0) is 32.0 Å². The third kappa shape index (κ3) is 7.69. The van der Waals surface area contributed by atoms with E-state index >= 15 is 0 Å². The maximum absolute atomic E-state index is 13.8. The van der Waals surface area contributed by atoms with Crippen molar-refractivity contribution >= 4 is 35.3 Å². The lowest BCUT2D eigenvalue weighted by atomic mass is 10.0. The number of hydrogen-bond acceptors (Lipinski definition) is 6. The summed E-state index contributed by atoms with van der Waals surface area (Å²) in [6.07, 6.45) is 1.28. The van der Waals surface area contributed by atoms with Crippen molar-refractivity contribution in [2.24, 2.45) is 5.92 Å². The number of carbonyl (C=O) groups is 6. The molecule has 3 N–H and O–H groups in total. The van der Waals surface area contributed by atoms with Crippen LogP contribution in [0.4, 0.5) is 0 Å². The normalized spacial score (nSPS) is 22.1. The largest absolute Gasteiger partial charge is 0.353 e. The molecule has 0 bridgehead atoms. The molecule has 0 aromatic heterocycles. The standard InChI is InChI=1S/C33H41N5O6/c1-20(2)17-27-33(44)37(4)21(3)30(41)36-26(18-22-9-6-5-7-10-22)31(42)34-15-16-38(19-29(40)35-27)32(43)25-12-8-11-24-23(25)13-14-28(24)39/h5-12,20-21,26-27H,13-19H2,1-4H3,(H,34,42)(H,35,40)(H,36,41)/t21-,26-,27-/m0/s1. The van der Waals surface area contributed by atoms with Gasteiger partial charge < -0.3 is 25.8 Å². The van der Waals surface area contributed by atoms with Gasteiger partial charge in [-0.25, -0.2) is 0 Å². The highest BCUT2D eigenvalue weighted by Crippen LogP contribution is 2.26. The summed E-state index contributed by atoms with van der Waals surface area (Å²) in [5, 5.41) is 8.39. The number of likely N-dealkylation sites (N-methyl/N-ethyl adjacent to an activating group) is 1. The molecule has 11 heteroatoms. The fraction of sp³-hybridized carbons (Fsp3) is 0.455. The molecule has 1 fully saturated rings. The molecule has 4 rings (SSSR count). The minimum Gasteiger partial charge on any atom is -0.353 e. The van der Waals surface area contributed by atoms with E-state index in [1.807, 2.05) is 44.2 Å². The van der Waals surface area contributed by atoms with Gasteiger partial charge in [-0.05, 0) is 42.9 Å². The van der Waals surface area contributed by atoms with Gasteiger partial charge in [0.2, 0.25) is 23.6 Å². The molecule has 0 saturated carbocycles.